The lowest BCUT2D eigenvalue weighted by Gasteiger charge is -2.39. The van der Waals surface area contributed by atoms with Gasteiger partial charge in [-0.1, -0.05) is 99.2 Å². The molecule has 5 nitrogen and oxygen atoms in total. The first-order valence-corrected chi connectivity index (χ1v) is 23.5. The molecule has 11 rings (SSSR count). The third-order valence-corrected chi connectivity index (χ3v) is 14.9. The molecular formula is C56H59N5. The Morgan fingerprint density at radius 3 is 1.26 bits per heavy atom. The van der Waals surface area contributed by atoms with Gasteiger partial charge in [-0.25, -0.2) is 0 Å². The monoisotopic (exact) mass is 801 g/mol. The van der Waals surface area contributed by atoms with Gasteiger partial charge in [-0.15, -0.1) is 10.2 Å². The van der Waals surface area contributed by atoms with E-state index in [-0.39, 0.29) is 0 Å². The Kier molecular flexibility index (Phi) is 10.7. The van der Waals surface area contributed by atoms with Gasteiger partial charge in [-0.05, 0) is 189 Å². The van der Waals surface area contributed by atoms with E-state index in [9.17, 15) is 0 Å². The third kappa shape index (κ3) is 8.37. The SMILES string of the molecule is c1ccc(N(c2ccc(CC3CC4CCCC(C4)C3)cc2)c2ccc(-n3nc4ccc(N(c5ccccc5)c5ccc(CC6CC7CCCC(C7)C6)cc5)cc4n3)cc2)cc1. The van der Waals surface area contributed by atoms with Gasteiger partial charge in [0.05, 0.1) is 5.69 Å². The number of aromatic nitrogens is 3. The predicted octanol–water partition coefficient (Wildman–Crippen LogP) is 14.9. The molecule has 0 amide bonds. The van der Waals surface area contributed by atoms with Crippen molar-refractivity contribution in [1.29, 1.82) is 0 Å². The molecule has 4 bridgehead atoms. The normalized spacial score (nSPS) is 23.4. The molecule has 0 spiro atoms. The van der Waals surface area contributed by atoms with Crippen LogP contribution in [-0.2, 0) is 12.8 Å². The molecule has 7 aromatic rings. The number of fused-ring (bicyclic) bond motifs is 5. The Bertz CT molecular complexity index is 2500. The van der Waals surface area contributed by atoms with Gasteiger partial charge >= 0.3 is 0 Å². The summed E-state index contributed by atoms with van der Waals surface area (Å²) in [6.07, 6.45) is 19.8. The number of para-hydroxylation sites is 2. The van der Waals surface area contributed by atoms with Gasteiger partial charge in [0, 0.05) is 34.1 Å². The molecule has 308 valence electrons. The average molecular weight is 802 g/mol. The lowest BCUT2D eigenvalue weighted by Crippen LogP contribution is -2.27. The molecule has 4 atom stereocenters. The fourth-order valence-corrected chi connectivity index (χ4v) is 12.2. The lowest BCUT2D eigenvalue weighted by molar-refractivity contribution is 0.137. The summed E-state index contributed by atoms with van der Waals surface area (Å²) in [5, 5.41) is 10.0. The van der Waals surface area contributed by atoms with Crippen molar-refractivity contribution in [3.63, 3.8) is 0 Å². The van der Waals surface area contributed by atoms with Gasteiger partial charge < -0.3 is 9.80 Å². The molecule has 0 aliphatic heterocycles. The van der Waals surface area contributed by atoms with Crippen LogP contribution < -0.4 is 9.80 Å². The highest BCUT2D eigenvalue weighted by molar-refractivity contribution is 5.85. The molecule has 6 aromatic carbocycles. The third-order valence-electron chi connectivity index (χ3n) is 14.9. The second kappa shape index (κ2) is 17.0. The maximum absolute atomic E-state index is 5.05. The van der Waals surface area contributed by atoms with Gasteiger partial charge in [-0.2, -0.15) is 4.80 Å². The summed E-state index contributed by atoms with van der Waals surface area (Å²) in [4.78, 5) is 6.47. The van der Waals surface area contributed by atoms with Gasteiger partial charge in [0.15, 0.2) is 0 Å². The van der Waals surface area contributed by atoms with Crippen molar-refractivity contribution >= 4 is 45.2 Å². The zero-order chi connectivity index (χ0) is 40.5. The highest BCUT2D eigenvalue weighted by atomic mass is 15.5. The Morgan fingerprint density at radius 1 is 0.393 bits per heavy atom. The first-order chi connectivity index (χ1) is 30.1. The van der Waals surface area contributed by atoms with Crippen LogP contribution in [0.4, 0.5) is 34.1 Å². The van der Waals surface area contributed by atoms with E-state index in [1.807, 2.05) is 0 Å². The van der Waals surface area contributed by atoms with Gasteiger partial charge in [0.2, 0.25) is 0 Å². The van der Waals surface area contributed by atoms with Crippen molar-refractivity contribution in [2.75, 3.05) is 9.80 Å². The predicted molar refractivity (Wildman–Crippen MR) is 252 cm³/mol. The maximum atomic E-state index is 5.05. The standard InChI is InChI=1S/C56H59N5/c1-3-13-48(14-4-1)59(50-21-17-40(18-22-50)31-46-35-42-9-7-10-43(33-42)36-46)52-25-27-53(28-26-52)61-57-55-30-29-54(39-56(55)58-61)60(49-15-5-2-6-16-49)51-23-19-41(20-24-51)32-47-37-44-11-8-12-45(34-44)38-47/h1-6,13-30,39,42-47H,7-12,31-38H2. The minimum absolute atomic E-state index is 0.830. The van der Waals surface area contributed by atoms with Gasteiger partial charge in [0.25, 0.3) is 0 Å². The van der Waals surface area contributed by atoms with Crippen molar-refractivity contribution in [2.45, 2.75) is 89.9 Å². The Balaban J connectivity index is 0.829. The lowest BCUT2D eigenvalue weighted by atomic mass is 9.67. The van der Waals surface area contributed by atoms with E-state index in [4.69, 9.17) is 10.2 Å². The molecule has 4 unspecified atom stereocenters. The molecule has 1 aromatic heterocycles. The minimum Gasteiger partial charge on any atom is -0.311 e. The fourth-order valence-electron chi connectivity index (χ4n) is 12.2. The first kappa shape index (κ1) is 38.3. The molecule has 0 N–H and O–H groups in total. The van der Waals surface area contributed by atoms with E-state index in [2.05, 4.69) is 161 Å². The molecule has 5 heteroatoms. The number of benzene rings is 6. The summed E-state index contributed by atoms with van der Waals surface area (Å²) in [6, 6.07) is 55.2. The zero-order valence-corrected chi connectivity index (χ0v) is 35.5. The van der Waals surface area contributed by atoms with E-state index in [0.29, 0.717) is 0 Å². The highest BCUT2D eigenvalue weighted by Crippen LogP contribution is 2.45. The smallest absolute Gasteiger partial charge is 0.115 e. The first-order valence-electron chi connectivity index (χ1n) is 23.5. The number of anilines is 6. The van der Waals surface area contributed by atoms with Crippen molar-refractivity contribution in [3.05, 3.63) is 163 Å². The van der Waals surface area contributed by atoms with Crippen LogP contribution >= 0.6 is 0 Å². The molecule has 1 heterocycles. The summed E-state index contributed by atoms with van der Waals surface area (Å²) in [6.45, 7) is 0. The summed E-state index contributed by atoms with van der Waals surface area (Å²) < 4.78 is 0. The van der Waals surface area contributed by atoms with Crippen LogP contribution in [0, 0.1) is 35.5 Å². The second-order valence-corrected chi connectivity index (χ2v) is 19.2. The fraction of sp³-hybridized carbons (Fsp3) is 0.357. The number of hydrogen-bond donors (Lipinski definition) is 0. The molecule has 0 saturated heterocycles. The Hall–Kier alpha value is -5.68. The topological polar surface area (TPSA) is 37.2 Å². The van der Waals surface area contributed by atoms with Crippen LogP contribution in [0.2, 0.25) is 0 Å². The molecule has 4 aliphatic carbocycles. The number of rotatable bonds is 11. The number of nitrogens with zero attached hydrogens (tertiary/aromatic N) is 5. The van der Waals surface area contributed by atoms with Gasteiger partial charge in [-0.3, -0.25) is 0 Å². The highest BCUT2D eigenvalue weighted by Gasteiger charge is 2.33. The van der Waals surface area contributed by atoms with E-state index >= 15 is 0 Å². The van der Waals surface area contributed by atoms with Crippen LogP contribution in [0.3, 0.4) is 0 Å². The maximum Gasteiger partial charge on any atom is 0.115 e. The zero-order valence-electron chi connectivity index (χ0n) is 35.5. The molecule has 61 heavy (non-hydrogen) atoms. The van der Waals surface area contributed by atoms with Crippen molar-refractivity contribution in [1.82, 2.24) is 15.0 Å². The quantitative estimate of drug-likeness (QED) is 0.131. The van der Waals surface area contributed by atoms with Gasteiger partial charge in [0.1, 0.15) is 11.0 Å². The summed E-state index contributed by atoms with van der Waals surface area (Å²) in [7, 11) is 0. The van der Waals surface area contributed by atoms with E-state index in [0.717, 1.165) is 80.7 Å². The minimum atomic E-state index is 0.830. The van der Waals surface area contributed by atoms with E-state index < -0.39 is 0 Å². The Labute approximate surface area is 362 Å². The molecular weight excluding hydrogens is 743 g/mol. The van der Waals surface area contributed by atoms with Crippen LogP contribution in [0.15, 0.2) is 152 Å². The molecule has 4 saturated carbocycles. The Morgan fingerprint density at radius 2 is 0.787 bits per heavy atom. The van der Waals surface area contributed by atoms with Crippen molar-refractivity contribution in [3.8, 4) is 5.69 Å². The average Bonchev–Trinajstić information content (AvgIpc) is 3.73. The largest absolute Gasteiger partial charge is 0.311 e. The summed E-state index contributed by atoms with van der Waals surface area (Å²) in [5.74, 6) is 5.53. The molecule has 0 radical (unpaired) electrons. The summed E-state index contributed by atoms with van der Waals surface area (Å²) in [5.41, 5.74) is 12.4. The molecule has 4 aliphatic rings. The number of hydrogen-bond acceptors (Lipinski definition) is 4. The van der Waals surface area contributed by atoms with Crippen LogP contribution in [0.25, 0.3) is 16.7 Å². The van der Waals surface area contributed by atoms with Crippen LogP contribution in [-0.4, -0.2) is 15.0 Å². The van der Waals surface area contributed by atoms with Crippen LogP contribution in [0.5, 0.6) is 0 Å². The second-order valence-electron chi connectivity index (χ2n) is 19.2. The van der Waals surface area contributed by atoms with Crippen molar-refractivity contribution in [2.24, 2.45) is 35.5 Å². The molecule has 4 fully saturated rings. The van der Waals surface area contributed by atoms with E-state index in [1.165, 1.54) is 107 Å². The van der Waals surface area contributed by atoms with Crippen LogP contribution in [0.1, 0.15) is 88.2 Å². The summed E-state index contributed by atoms with van der Waals surface area (Å²) >= 11 is 0. The van der Waals surface area contributed by atoms with E-state index in [1.54, 1.807) is 4.80 Å². The van der Waals surface area contributed by atoms with Crippen molar-refractivity contribution < 1.29 is 0 Å².